The summed E-state index contributed by atoms with van der Waals surface area (Å²) in [5.41, 5.74) is 0.901. The summed E-state index contributed by atoms with van der Waals surface area (Å²) in [6.45, 7) is 4.00. The Balaban J connectivity index is 2.41. The Hall–Kier alpha value is -1.99. The number of aliphatic carboxylic acids is 1. The third-order valence-electron chi connectivity index (χ3n) is 3.22. The molecule has 1 aliphatic rings. The normalized spacial score (nSPS) is 18.0. The van der Waals surface area contributed by atoms with E-state index in [2.05, 4.69) is 0 Å². The molecule has 0 radical (unpaired) electrons. The molecule has 0 aromatic heterocycles. The van der Waals surface area contributed by atoms with Crippen molar-refractivity contribution in [2.24, 2.45) is 5.92 Å². The van der Waals surface area contributed by atoms with Gasteiger partial charge >= 0.3 is 5.97 Å². The van der Waals surface area contributed by atoms with Crippen molar-refractivity contribution in [1.29, 1.82) is 0 Å². The number of phenols is 1. The van der Waals surface area contributed by atoms with E-state index in [-0.39, 0.29) is 33.6 Å². The lowest BCUT2D eigenvalue weighted by Crippen LogP contribution is -2.35. The number of carboxylic acid groups (broad SMARTS) is 1. The van der Waals surface area contributed by atoms with E-state index < -0.39 is 5.97 Å². The highest BCUT2D eigenvalue weighted by Crippen LogP contribution is 2.35. The van der Waals surface area contributed by atoms with Gasteiger partial charge in [0.15, 0.2) is 10.7 Å². The molecule has 1 heterocycles. The Kier molecular flexibility index (Phi) is 4.77. The molecule has 1 aromatic carbocycles. The van der Waals surface area contributed by atoms with Crippen LogP contribution < -0.4 is 0 Å². The minimum Gasteiger partial charge on any atom is -0.508 e. The number of thiocarbonyl (C=S) groups is 2. The molecule has 2 rings (SSSR count). The minimum absolute atomic E-state index is 0.0666. The number of benzene rings is 1. The Labute approximate surface area is 138 Å². The van der Waals surface area contributed by atoms with Crippen LogP contribution in [0.15, 0.2) is 36.1 Å². The first kappa shape index (κ1) is 16.4. The lowest BCUT2D eigenvalue weighted by Gasteiger charge is -2.30. The first-order valence-electron chi connectivity index (χ1n) is 6.60. The second kappa shape index (κ2) is 6.41. The molecule has 1 aliphatic heterocycles. The summed E-state index contributed by atoms with van der Waals surface area (Å²) >= 11 is 10.5. The molecule has 0 aliphatic carbocycles. The molecule has 7 heteroatoms. The molecule has 0 bridgehead atoms. The maximum atomic E-state index is 10.8. The third kappa shape index (κ3) is 3.26. The lowest BCUT2D eigenvalue weighted by atomic mass is 9.94. The van der Waals surface area contributed by atoms with E-state index >= 15 is 0 Å². The molecule has 22 heavy (non-hydrogen) atoms. The van der Waals surface area contributed by atoms with Crippen LogP contribution in [0, 0.1) is 5.92 Å². The number of phenolic OH excluding ortho intramolecular Hbond substituents is 1. The standard InChI is InChI=1S/C15H15NO4S2/c1-8(2)13(9-3-5-10(17)6-4-9)16-14(21)11(7-12(18)19)20-15(16)22/h3-8,13,17H,1-2H3,(H,18,19). The zero-order valence-corrected chi connectivity index (χ0v) is 13.6. The van der Waals surface area contributed by atoms with E-state index in [4.69, 9.17) is 34.3 Å². The zero-order valence-electron chi connectivity index (χ0n) is 12.0. The second-order valence-electron chi connectivity index (χ2n) is 5.17. The highest BCUT2D eigenvalue weighted by Gasteiger charge is 2.38. The monoisotopic (exact) mass is 337 g/mol. The molecule has 1 unspecified atom stereocenters. The highest BCUT2D eigenvalue weighted by molar-refractivity contribution is 7.82. The van der Waals surface area contributed by atoms with Crippen molar-refractivity contribution in [2.75, 3.05) is 0 Å². The summed E-state index contributed by atoms with van der Waals surface area (Å²) in [6.07, 6.45) is 0.906. The SMILES string of the molecule is CC(C)C(c1ccc(O)cc1)N1C(=S)OC(=CC(=O)O)C1=S. The smallest absolute Gasteiger partial charge is 0.332 e. The number of carbonyl (C=O) groups is 1. The van der Waals surface area contributed by atoms with Gasteiger partial charge in [0.05, 0.1) is 12.1 Å². The van der Waals surface area contributed by atoms with E-state index in [1.807, 2.05) is 13.8 Å². The summed E-state index contributed by atoms with van der Waals surface area (Å²) in [7, 11) is 0. The van der Waals surface area contributed by atoms with Gasteiger partial charge in [-0.1, -0.05) is 38.2 Å². The molecule has 1 saturated heterocycles. The summed E-state index contributed by atoms with van der Waals surface area (Å²) in [4.78, 5) is 12.7. The van der Waals surface area contributed by atoms with Crippen molar-refractivity contribution in [3.8, 4) is 5.75 Å². The quantitative estimate of drug-likeness (QED) is 0.646. The number of hydrogen-bond acceptors (Lipinski definition) is 5. The van der Waals surface area contributed by atoms with Crippen molar-refractivity contribution >= 4 is 40.6 Å². The molecule has 0 spiro atoms. The maximum absolute atomic E-state index is 10.8. The van der Waals surface area contributed by atoms with Gasteiger partial charge in [0.2, 0.25) is 0 Å². The number of ether oxygens (including phenoxy) is 1. The molecule has 1 atom stereocenters. The number of carboxylic acids is 1. The predicted octanol–water partition coefficient (Wildman–Crippen LogP) is 3.00. The van der Waals surface area contributed by atoms with Crippen molar-refractivity contribution in [1.82, 2.24) is 4.90 Å². The van der Waals surface area contributed by atoms with Gasteiger partial charge in [-0.2, -0.15) is 0 Å². The average molecular weight is 337 g/mol. The molecule has 2 N–H and O–H groups in total. The van der Waals surface area contributed by atoms with Gasteiger partial charge in [0.1, 0.15) is 5.75 Å². The number of hydrogen-bond donors (Lipinski definition) is 2. The van der Waals surface area contributed by atoms with Gasteiger partial charge < -0.3 is 14.9 Å². The Morgan fingerprint density at radius 2 is 1.86 bits per heavy atom. The van der Waals surface area contributed by atoms with Gasteiger partial charge in [-0.3, -0.25) is 4.90 Å². The van der Waals surface area contributed by atoms with Crippen LogP contribution in [0.25, 0.3) is 0 Å². The van der Waals surface area contributed by atoms with Crippen LogP contribution in [0.3, 0.4) is 0 Å². The van der Waals surface area contributed by atoms with Crippen molar-refractivity contribution < 1.29 is 19.7 Å². The Morgan fingerprint density at radius 3 is 2.36 bits per heavy atom. The minimum atomic E-state index is -1.15. The van der Waals surface area contributed by atoms with Gasteiger partial charge in [0.25, 0.3) is 5.17 Å². The van der Waals surface area contributed by atoms with Crippen LogP contribution in [0.4, 0.5) is 0 Å². The summed E-state index contributed by atoms with van der Waals surface area (Å²) in [6, 6.07) is 6.53. The fraction of sp³-hybridized carbons (Fsp3) is 0.267. The zero-order chi connectivity index (χ0) is 16.4. The van der Waals surface area contributed by atoms with Gasteiger partial charge in [-0.15, -0.1) is 0 Å². The van der Waals surface area contributed by atoms with E-state index in [1.54, 1.807) is 29.2 Å². The van der Waals surface area contributed by atoms with Gasteiger partial charge in [-0.05, 0) is 35.8 Å². The van der Waals surface area contributed by atoms with Gasteiger partial charge in [0, 0.05) is 0 Å². The first-order chi connectivity index (χ1) is 10.3. The molecule has 1 aromatic rings. The van der Waals surface area contributed by atoms with Crippen LogP contribution in [-0.2, 0) is 9.53 Å². The third-order valence-corrected chi connectivity index (χ3v) is 3.90. The maximum Gasteiger partial charge on any atom is 0.332 e. The number of aromatic hydroxyl groups is 1. The van der Waals surface area contributed by atoms with Crippen molar-refractivity contribution in [3.63, 3.8) is 0 Å². The number of rotatable bonds is 4. The van der Waals surface area contributed by atoms with Gasteiger partial charge in [-0.25, -0.2) is 4.79 Å². The van der Waals surface area contributed by atoms with E-state index in [0.717, 1.165) is 11.6 Å². The van der Waals surface area contributed by atoms with Crippen LogP contribution in [0.2, 0.25) is 0 Å². The summed E-state index contributed by atoms with van der Waals surface area (Å²) < 4.78 is 5.32. The predicted molar refractivity (Wildman–Crippen MR) is 89.5 cm³/mol. The van der Waals surface area contributed by atoms with Crippen LogP contribution in [0.1, 0.15) is 25.5 Å². The molecule has 116 valence electrons. The Morgan fingerprint density at radius 1 is 1.27 bits per heavy atom. The molecular weight excluding hydrogens is 322 g/mol. The first-order valence-corrected chi connectivity index (χ1v) is 7.42. The summed E-state index contributed by atoms with van der Waals surface area (Å²) in [5.74, 6) is -0.779. The summed E-state index contributed by atoms with van der Waals surface area (Å²) in [5, 5.41) is 18.4. The van der Waals surface area contributed by atoms with Crippen LogP contribution in [0.5, 0.6) is 5.75 Å². The lowest BCUT2D eigenvalue weighted by molar-refractivity contribution is -0.131. The van der Waals surface area contributed by atoms with E-state index in [1.165, 1.54) is 0 Å². The topological polar surface area (TPSA) is 70.0 Å². The largest absolute Gasteiger partial charge is 0.508 e. The van der Waals surface area contributed by atoms with Crippen molar-refractivity contribution in [3.05, 3.63) is 41.7 Å². The molecule has 0 saturated carbocycles. The van der Waals surface area contributed by atoms with Crippen molar-refractivity contribution in [2.45, 2.75) is 19.9 Å². The highest BCUT2D eigenvalue weighted by atomic mass is 32.1. The fourth-order valence-corrected chi connectivity index (χ4v) is 2.98. The van der Waals surface area contributed by atoms with Crippen LogP contribution >= 0.6 is 24.4 Å². The number of nitrogens with zero attached hydrogens (tertiary/aromatic N) is 1. The Bertz CT molecular complexity index is 652. The van der Waals surface area contributed by atoms with E-state index in [0.29, 0.717) is 0 Å². The van der Waals surface area contributed by atoms with Crippen LogP contribution in [-0.4, -0.2) is 31.2 Å². The van der Waals surface area contributed by atoms with E-state index in [9.17, 15) is 9.90 Å². The molecule has 5 nitrogen and oxygen atoms in total. The second-order valence-corrected chi connectivity index (χ2v) is 5.91. The fourth-order valence-electron chi connectivity index (χ4n) is 2.34. The molecular formula is C15H15NO4S2. The molecule has 1 fully saturated rings. The molecule has 0 amide bonds. The average Bonchev–Trinajstić information content (AvgIpc) is 2.68.